The first-order chi connectivity index (χ1) is 11.1. The number of carboxylic acids is 1. The van der Waals surface area contributed by atoms with Gasteiger partial charge in [0.05, 0.1) is 11.3 Å². The summed E-state index contributed by atoms with van der Waals surface area (Å²) in [6, 6.07) is 0. The van der Waals surface area contributed by atoms with Crippen molar-refractivity contribution >= 4 is 17.5 Å². The number of carbonyl (C=O) groups excluding carboxylic acids is 2. The Balaban J connectivity index is 0.000000256. The van der Waals surface area contributed by atoms with Gasteiger partial charge in [-0.3, -0.25) is 4.79 Å². The Hall–Kier alpha value is -2.58. The number of aromatic nitrogens is 1. The highest BCUT2D eigenvalue weighted by atomic mass is 19.4. The van der Waals surface area contributed by atoms with Crippen LogP contribution in [-0.2, 0) is 18.3 Å². The predicted molar refractivity (Wildman–Crippen MR) is 76.8 cm³/mol. The van der Waals surface area contributed by atoms with E-state index in [1.807, 2.05) is 17.7 Å². The highest BCUT2D eigenvalue weighted by Gasteiger charge is 2.36. The number of nitrogens with zero attached hydrogens (tertiary/aromatic N) is 2. The molecule has 1 aromatic rings. The monoisotopic (exact) mass is 343 g/mol. The molecule has 0 bridgehead atoms. The molecular formula is C15H16F3N3O3. The molecule has 9 heteroatoms. The fourth-order valence-electron chi connectivity index (χ4n) is 2.74. The van der Waals surface area contributed by atoms with Gasteiger partial charge >= 0.3 is 6.18 Å². The zero-order chi connectivity index (χ0) is 18.2. The maximum atomic E-state index is 12.3. The van der Waals surface area contributed by atoms with Crippen LogP contribution in [0, 0.1) is 0 Å². The second-order valence-electron chi connectivity index (χ2n) is 5.47. The zero-order valence-corrected chi connectivity index (χ0v) is 13.3. The van der Waals surface area contributed by atoms with Gasteiger partial charge in [-0.15, -0.1) is 0 Å². The van der Waals surface area contributed by atoms with Gasteiger partial charge in [-0.05, 0) is 5.56 Å². The Morgan fingerprint density at radius 2 is 2.00 bits per heavy atom. The molecule has 1 aliphatic heterocycles. The van der Waals surface area contributed by atoms with E-state index in [4.69, 9.17) is 9.90 Å². The second-order valence-corrected chi connectivity index (χ2v) is 5.47. The molecule has 2 heterocycles. The lowest BCUT2D eigenvalue weighted by Gasteiger charge is -2.18. The van der Waals surface area contributed by atoms with E-state index >= 15 is 0 Å². The summed E-state index contributed by atoms with van der Waals surface area (Å²) in [6.45, 7) is 1.01. The van der Waals surface area contributed by atoms with Crippen molar-refractivity contribution in [3.05, 3.63) is 34.8 Å². The van der Waals surface area contributed by atoms with Crippen LogP contribution in [0.1, 0.15) is 21.6 Å². The summed E-state index contributed by atoms with van der Waals surface area (Å²) in [4.78, 5) is 21.1. The van der Waals surface area contributed by atoms with Gasteiger partial charge < -0.3 is 19.8 Å². The average Bonchev–Trinajstić information content (AvgIpc) is 2.82. The fraction of sp³-hybridized carbons (Fsp3) is 0.400. The van der Waals surface area contributed by atoms with E-state index < -0.39 is 12.1 Å². The van der Waals surface area contributed by atoms with Gasteiger partial charge in [-0.1, -0.05) is 0 Å². The average molecular weight is 343 g/mol. The van der Waals surface area contributed by atoms with Crippen LogP contribution in [0.2, 0.25) is 0 Å². The maximum absolute atomic E-state index is 12.3. The molecule has 24 heavy (non-hydrogen) atoms. The number of rotatable bonds is 1. The van der Waals surface area contributed by atoms with E-state index in [0.29, 0.717) is 5.70 Å². The minimum Gasteiger partial charge on any atom is -0.542 e. The Morgan fingerprint density at radius 1 is 1.42 bits per heavy atom. The van der Waals surface area contributed by atoms with Crippen LogP contribution in [0.15, 0.2) is 18.0 Å². The number of alkyl halides is 3. The van der Waals surface area contributed by atoms with Crippen molar-refractivity contribution in [2.24, 2.45) is 7.05 Å². The Kier molecular flexibility index (Phi) is 4.54. The summed E-state index contributed by atoms with van der Waals surface area (Å²) in [5.74, 6) is -2.91. The minimum absolute atomic E-state index is 0.0929. The number of carbonyl (C=O) groups is 2. The van der Waals surface area contributed by atoms with Crippen LogP contribution in [0.4, 0.5) is 13.2 Å². The van der Waals surface area contributed by atoms with Crippen molar-refractivity contribution in [3.63, 3.8) is 0 Å². The standard InChI is InChI=1S/C13H15N3O.C2HF3O2/c1-14-9-6-10-11-8(4-5-15(10)2)7-16(3)12(11)13(9)17;3-2(4,5)1(6)7/h6-7H,4-5H2,1-3H3;(H,6,7). The SMILES string of the molecule is CNC1=CC2=[N+](C)CCc3cn(C)c(c32)C1=O.O=C([O-])C(F)(F)F. The summed E-state index contributed by atoms with van der Waals surface area (Å²) < 4.78 is 35.7. The lowest BCUT2D eigenvalue weighted by molar-refractivity contribution is -0.497. The Labute approximate surface area is 135 Å². The molecule has 0 spiro atoms. The number of carboxylic acid groups (broad SMARTS) is 1. The highest BCUT2D eigenvalue weighted by molar-refractivity contribution is 6.24. The summed E-state index contributed by atoms with van der Waals surface area (Å²) in [7, 11) is 5.82. The molecule has 0 radical (unpaired) electrons. The Bertz CT molecular complexity index is 773. The maximum Gasteiger partial charge on any atom is 0.430 e. The third-order valence-corrected chi connectivity index (χ3v) is 3.89. The van der Waals surface area contributed by atoms with Crippen molar-refractivity contribution in [1.29, 1.82) is 0 Å². The van der Waals surface area contributed by atoms with E-state index in [9.17, 15) is 18.0 Å². The number of Topliss-reactive ketones (excluding diaryl/α,β-unsaturated/α-hetero) is 1. The molecular weight excluding hydrogens is 327 g/mol. The van der Waals surface area contributed by atoms with Crippen LogP contribution in [-0.4, -0.2) is 53.4 Å². The molecule has 130 valence electrons. The van der Waals surface area contributed by atoms with Crippen molar-refractivity contribution in [2.75, 3.05) is 20.6 Å². The molecule has 0 saturated heterocycles. The number of aliphatic carboxylic acids is 1. The van der Waals surface area contributed by atoms with Gasteiger partial charge in [-0.2, -0.15) is 13.2 Å². The first kappa shape index (κ1) is 17.8. The molecule has 6 nitrogen and oxygen atoms in total. The van der Waals surface area contributed by atoms with Crippen LogP contribution < -0.4 is 10.4 Å². The van der Waals surface area contributed by atoms with Gasteiger partial charge in [0.15, 0.2) is 0 Å². The van der Waals surface area contributed by atoms with E-state index in [1.165, 1.54) is 5.56 Å². The van der Waals surface area contributed by atoms with Crippen LogP contribution in [0.5, 0.6) is 0 Å². The molecule has 0 fully saturated rings. The van der Waals surface area contributed by atoms with E-state index in [0.717, 1.165) is 29.9 Å². The van der Waals surface area contributed by atoms with E-state index in [-0.39, 0.29) is 5.78 Å². The number of halogens is 3. The summed E-state index contributed by atoms with van der Waals surface area (Å²) in [5.41, 5.74) is 5.06. The normalized spacial score (nSPS) is 16.1. The Morgan fingerprint density at radius 3 is 2.50 bits per heavy atom. The van der Waals surface area contributed by atoms with E-state index in [1.54, 1.807) is 7.05 Å². The smallest absolute Gasteiger partial charge is 0.430 e. The second kappa shape index (κ2) is 6.14. The van der Waals surface area contributed by atoms with Gasteiger partial charge in [0.1, 0.15) is 25.3 Å². The largest absolute Gasteiger partial charge is 0.542 e. The number of aryl methyl sites for hydroxylation is 1. The molecule has 0 saturated carbocycles. The molecule has 1 N–H and O–H groups in total. The number of ketones is 1. The number of nitrogens with one attached hydrogen (secondary N) is 1. The number of hydrogen-bond donors (Lipinski definition) is 1. The highest BCUT2D eigenvalue weighted by Crippen LogP contribution is 2.27. The lowest BCUT2D eigenvalue weighted by Crippen LogP contribution is -2.37. The van der Waals surface area contributed by atoms with E-state index in [2.05, 4.69) is 23.1 Å². The predicted octanol–water partition coefficient (Wildman–Crippen LogP) is -0.389. The summed E-state index contributed by atoms with van der Waals surface area (Å²) in [5, 5.41) is 11.8. The lowest BCUT2D eigenvalue weighted by atomic mass is 9.92. The number of hydrogen-bond acceptors (Lipinski definition) is 4. The molecule has 0 aromatic carbocycles. The van der Waals surface area contributed by atoms with Gasteiger partial charge in [0, 0.05) is 32.8 Å². The zero-order valence-electron chi connectivity index (χ0n) is 13.3. The van der Waals surface area contributed by atoms with Gasteiger partial charge in [0.25, 0.3) is 0 Å². The molecule has 0 atom stereocenters. The molecule has 3 rings (SSSR count). The van der Waals surface area contributed by atoms with Crippen LogP contribution >= 0.6 is 0 Å². The van der Waals surface area contributed by atoms with Crippen molar-refractivity contribution in [3.8, 4) is 0 Å². The van der Waals surface area contributed by atoms with Gasteiger partial charge in [-0.25, -0.2) is 4.58 Å². The molecule has 0 unspecified atom stereocenters. The van der Waals surface area contributed by atoms with Crippen LogP contribution in [0.3, 0.4) is 0 Å². The fourth-order valence-corrected chi connectivity index (χ4v) is 2.74. The summed E-state index contributed by atoms with van der Waals surface area (Å²) >= 11 is 0. The molecule has 1 aromatic heterocycles. The topological polar surface area (TPSA) is 77.2 Å². The minimum atomic E-state index is -5.19. The summed E-state index contributed by atoms with van der Waals surface area (Å²) in [6.07, 6.45) is -0.130. The van der Waals surface area contributed by atoms with Crippen molar-refractivity contribution in [2.45, 2.75) is 12.6 Å². The number of likely N-dealkylation sites (N-methyl/N-ethyl adjacent to an activating group) is 2. The quantitative estimate of drug-likeness (QED) is 0.705. The first-order valence-corrected chi connectivity index (χ1v) is 7.06. The van der Waals surface area contributed by atoms with Crippen molar-refractivity contribution in [1.82, 2.24) is 9.88 Å². The third-order valence-electron chi connectivity index (χ3n) is 3.89. The molecule has 0 amide bonds. The first-order valence-electron chi connectivity index (χ1n) is 7.06. The van der Waals surface area contributed by atoms with Crippen molar-refractivity contribution < 1.29 is 32.4 Å². The van der Waals surface area contributed by atoms with Gasteiger partial charge in [0.2, 0.25) is 11.5 Å². The molecule has 2 aliphatic rings. The van der Waals surface area contributed by atoms with Crippen LogP contribution in [0.25, 0.3) is 0 Å². The molecule has 1 aliphatic carbocycles. The third kappa shape index (κ3) is 3.06. The number of allylic oxidation sites excluding steroid dienone is 2.